The van der Waals surface area contributed by atoms with Crippen LogP contribution >= 0.6 is 11.3 Å². The molecule has 0 fully saturated rings. The van der Waals surface area contributed by atoms with Crippen LogP contribution in [0.25, 0.3) is 0 Å². The van der Waals surface area contributed by atoms with Crippen molar-refractivity contribution >= 4 is 11.3 Å². The minimum atomic E-state index is -0.501. The lowest BCUT2D eigenvalue weighted by Gasteiger charge is -2.24. The van der Waals surface area contributed by atoms with Crippen molar-refractivity contribution in [1.29, 1.82) is 0 Å². The fraction of sp³-hybridized carbons (Fsp3) is 0.412. The van der Waals surface area contributed by atoms with Gasteiger partial charge in [0.25, 0.3) is 0 Å². The summed E-state index contributed by atoms with van der Waals surface area (Å²) >= 11 is 1.62. The van der Waals surface area contributed by atoms with Crippen LogP contribution in [0.3, 0.4) is 0 Å². The minimum absolute atomic E-state index is 0.197. The van der Waals surface area contributed by atoms with Crippen LogP contribution in [0.15, 0.2) is 35.7 Å². The molecule has 2 aromatic rings. The largest absolute Gasteiger partial charge is 0.383 e. The molecule has 1 aromatic carbocycles. The van der Waals surface area contributed by atoms with Crippen molar-refractivity contribution < 1.29 is 5.11 Å². The van der Waals surface area contributed by atoms with Crippen LogP contribution in [0.2, 0.25) is 0 Å². The number of thiophene rings is 1. The Morgan fingerprint density at radius 3 is 2.26 bits per heavy atom. The molecule has 0 radical (unpaired) electrons. The molecule has 0 amide bonds. The zero-order valence-electron chi connectivity index (χ0n) is 12.1. The Morgan fingerprint density at radius 1 is 1.16 bits per heavy atom. The summed E-state index contributed by atoms with van der Waals surface area (Å²) in [6.45, 7) is 8.76. The van der Waals surface area contributed by atoms with Crippen molar-refractivity contribution in [3.05, 3.63) is 57.3 Å². The van der Waals surface area contributed by atoms with E-state index in [9.17, 15) is 5.11 Å². The molecule has 1 unspecified atom stereocenters. The lowest BCUT2D eigenvalue weighted by atomic mass is 9.82. The number of benzene rings is 1. The smallest absolute Gasteiger partial charge is 0.113 e. The zero-order valence-corrected chi connectivity index (χ0v) is 12.9. The van der Waals surface area contributed by atoms with Gasteiger partial charge in [-0.15, -0.1) is 11.3 Å². The second-order valence-corrected chi connectivity index (χ2v) is 6.68. The highest BCUT2D eigenvalue weighted by Gasteiger charge is 2.19. The van der Waals surface area contributed by atoms with Crippen LogP contribution in [0, 0.1) is 6.92 Å². The molecule has 1 heterocycles. The van der Waals surface area contributed by atoms with E-state index < -0.39 is 6.10 Å². The Kier molecular flexibility index (Phi) is 4.12. The number of rotatable bonds is 4. The van der Waals surface area contributed by atoms with Gasteiger partial charge in [0.1, 0.15) is 6.10 Å². The monoisotopic (exact) mass is 274 g/mol. The van der Waals surface area contributed by atoms with Gasteiger partial charge < -0.3 is 5.11 Å². The van der Waals surface area contributed by atoms with E-state index in [0.717, 1.165) is 22.4 Å². The third-order valence-corrected chi connectivity index (χ3v) is 5.11. The molecule has 1 atom stereocenters. The molecule has 1 aromatic heterocycles. The Morgan fingerprint density at radius 2 is 1.79 bits per heavy atom. The van der Waals surface area contributed by atoms with Crippen LogP contribution in [-0.2, 0) is 5.41 Å². The fourth-order valence-corrected chi connectivity index (χ4v) is 3.07. The van der Waals surface area contributed by atoms with Crippen molar-refractivity contribution in [3.63, 3.8) is 0 Å². The first-order valence-electron chi connectivity index (χ1n) is 6.78. The number of aliphatic hydroxyl groups excluding tert-OH is 1. The van der Waals surface area contributed by atoms with Crippen LogP contribution in [-0.4, -0.2) is 5.11 Å². The molecule has 0 aliphatic rings. The van der Waals surface area contributed by atoms with Crippen molar-refractivity contribution in [1.82, 2.24) is 0 Å². The van der Waals surface area contributed by atoms with Gasteiger partial charge in [0.05, 0.1) is 0 Å². The first-order valence-corrected chi connectivity index (χ1v) is 7.66. The van der Waals surface area contributed by atoms with Gasteiger partial charge in [-0.2, -0.15) is 0 Å². The third-order valence-electron chi connectivity index (χ3n) is 4.04. The molecule has 19 heavy (non-hydrogen) atoms. The molecule has 0 saturated heterocycles. The van der Waals surface area contributed by atoms with Crippen molar-refractivity contribution in [3.8, 4) is 0 Å². The third kappa shape index (κ3) is 2.90. The standard InChI is InChI=1S/C17H22OS/c1-5-17(3,4)14-8-6-13(7-9-14)15(18)16-12(2)10-11-19-16/h6-11,15,18H,5H2,1-4H3. The fourth-order valence-electron chi connectivity index (χ4n) is 2.14. The second kappa shape index (κ2) is 5.48. The molecule has 0 aliphatic heterocycles. The van der Waals surface area contributed by atoms with E-state index in [-0.39, 0.29) is 5.41 Å². The van der Waals surface area contributed by atoms with E-state index in [1.165, 1.54) is 5.56 Å². The van der Waals surface area contributed by atoms with E-state index in [1.807, 2.05) is 12.3 Å². The Hall–Kier alpha value is -1.12. The topological polar surface area (TPSA) is 20.2 Å². The van der Waals surface area contributed by atoms with Crippen LogP contribution in [0.5, 0.6) is 0 Å². The van der Waals surface area contributed by atoms with E-state index in [4.69, 9.17) is 0 Å². The maximum atomic E-state index is 10.4. The SMILES string of the molecule is CCC(C)(C)c1ccc(C(O)c2sccc2C)cc1. The minimum Gasteiger partial charge on any atom is -0.383 e. The van der Waals surface area contributed by atoms with Gasteiger partial charge >= 0.3 is 0 Å². The maximum Gasteiger partial charge on any atom is 0.113 e. The van der Waals surface area contributed by atoms with Gasteiger partial charge in [-0.1, -0.05) is 45.0 Å². The predicted molar refractivity (Wildman–Crippen MR) is 82.9 cm³/mol. The van der Waals surface area contributed by atoms with Gasteiger partial charge in [0.15, 0.2) is 0 Å². The van der Waals surface area contributed by atoms with E-state index in [0.29, 0.717) is 0 Å². The number of hydrogen-bond acceptors (Lipinski definition) is 2. The molecule has 1 N–H and O–H groups in total. The summed E-state index contributed by atoms with van der Waals surface area (Å²) < 4.78 is 0. The average molecular weight is 274 g/mol. The highest BCUT2D eigenvalue weighted by atomic mass is 32.1. The Labute approximate surface area is 119 Å². The summed E-state index contributed by atoms with van der Waals surface area (Å²) in [5.41, 5.74) is 3.66. The van der Waals surface area contributed by atoms with Crippen LogP contribution in [0.1, 0.15) is 54.9 Å². The van der Waals surface area contributed by atoms with E-state index in [1.54, 1.807) is 11.3 Å². The molecule has 0 spiro atoms. The zero-order chi connectivity index (χ0) is 14.0. The number of aryl methyl sites for hydroxylation is 1. The normalized spacial score (nSPS) is 13.5. The second-order valence-electron chi connectivity index (χ2n) is 5.73. The van der Waals surface area contributed by atoms with Crippen molar-refractivity contribution in [2.45, 2.75) is 45.6 Å². The van der Waals surface area contributed by atoms with E-state index in [2.05, 4.69) is 51.1 Å². The summed E-state index contributed by atoms with van der Waals surface area (Å²) in [7, 11) is 0. The Bertz CT molecular complexity index is 537. The predicted octanol–water partition coefficient (Wildman–Crippen LogP) is 4.83. The molecular weight excluding hydrogens is 252 g/mol. The van der Waals surface area contributed by atoms with Gasteiger partial charge in [0.2, 0.25) is 0 Å². The van der Waals surface area contributed by atoms with Gasteiger partial charge in [-0.25, -0.2) is 0 Å². The molecule has 2 rings (SSSR count). The molecule has 1 nitrogen and oxygen atoms in total. The lowest BCUT2D eigenvalue weighted by molar-refractivity contribution is 0.223. The highest BCUT2D eigenvalue weighted by Crippen LogP contribution is 2.32. The molecular formula is C17H22OS. The van der Waals surface area contributed by atoms with Crippen LogP contribution in [0.4, 0.5) is 0 Å². The summed E-state index contributed by atoms with van der Waals surface area (Å²) in [6.07, 6.45) is 0.609. The van der Waals surface area contributed by atoms with Gasteiger partial charge in [-0.3, -0.25) is 0 Å². The van der Waals surface area contributed by atoms with E-state index >= 15 is 0 Å². The van der Waals surface area contributed by atoms with Crippen molar-refractivity contribution in [2.24, 2.45) is 0 Å². The Balaban J connectivity index is 2.26. The molecule has 0 aliphatic carbocycles. The molecule has 2 heteroatoms. The maximum absolute atomic E-state index is 10.4. The number of hydrogen-bond donors (Lipinski definition) is 1. The van der Waals surface area contributed by atoms with Gasteiger partial charge in [-0.05, 0) is 46.9 Å². The van der Waals surface area contributed by atoms with Crippen LogP contribution < -0.4 is 0 Å². The van der Waals surface area contributed by atoms with Gasteiger partial charge in [0, 0.05) is 4.88 Å². The summed E-state index contributed by atoms with van der Waals surface area (Å²) in [4.78, 5) is 1.04. The summed E-state index contributed by atoms with van der Waals surface area (Å²) in [5.74, 6) is 0. The molecule has 102 valence electrons. The summed E-state index contributed by atoms with van der Waals surface area (Å²) in [5, 5.41) is 12.5. The van der Waals surface area contributed by atoms with Crippen molar-refractivity contribution in [2.75, 3.05) is 0 Å². The quantitative estimate of drug-likeness (QED) is 0.847. The highest BCUT2D eigenvalue weighted by molar-refractivity contribution is 7.10. The number of aliphatic hydroxyl groups is 1. The first-order chi connectivity index (χ1) is 8.95. The molecule has 0 bridgehead atoms. The summed E-state index contributed by atoms with van der Waals surface area (Å²) in [6, 6.07) is 10.4. The average Bonchev–Trinajstić information content (AvgIpc) is 2.84. The molecule has 0 saturated carbocycles. The lowest BCUT2D eigenvalue weighted by Crippen LogP contribution is -2.15. The first kappa shape index (κ1) is 14.3.